The van der Waals surface area contributed by atoms with Crippen molar-refractivity contribution in [3.63, 3.8) is 0 Å². The summed E-state index contributed by atoms with van der Waals surface area (Å²) in [5.74, 6) is 0.278. The second kappa shape index (κ2) is 6.63. The van der Waals surface area contributed by atoms with Crippen LogP contribution in [0.1, 0.15) is 30.0 Å². The highest BCUT2D eigenvalue weighted by Crippen LogP contribution is 2.47. The summed E-state index contributed by atoms with van der Waals surface area (Å²) >= 11 is 0. The number of nitrogens with one attached hydrogen (secondary N) is 3. The summed E-state index contributed by atoms with van der Waals surface area (Å²) in [6, 6.07) is 17.9. The topological polar surface area (TPSA) is 36.1 Å². The van der Waals surface area contributed by atoms with Crippen molar-refractivity contribution in [1.29, 1.82) is 0 Å². The molecule has 2 aromatic carbocycles. The number of hydrogen-bond donors (Lipinski definition) is 3. The first-order valence-corrected chi connectivity index (χ1v) is 8.77. The van der Waals surface area contributed by atoms with Crippen molar-refractivity contribution >= 4 is 0 Å². The molecule has 2 fully saturated rings. The van der Waals surface area contributed by atoms with Crippen LogP contribution in [0.2, 0.25) is 0 Å². The molecule has 24 heavy (non-hydrogen) atoms. The van der Waals surface area contributed by atoms with E-state index >= 15 is 0 Å². The zero-order valence-corrected chi connectivity index (χ0v) is 13.8. The zero-order valence-electron chi connectivity index (χ0n) is 13.8. The van der Waals surface area contributed by atoms with Crippen molar-refractivity contribution in [3.8, 4) is 0 Å². The van der Waals surface area contributed by atoms with Gasteiger partial charge in [-0.05, 0) is 36.1 Å². The van der Waals surface area contributed by atoms with Gasteiger partial charge in [-0.2, -0.15) is 0 Å². The summed E-state index contributed by atoms with van der Waals surface area (Å²) in [5.41, 5.74) is 9.50. The minimum absolute atomic E-state index is 0.182. The van der Waals surface area contributed by atoms with Crippen molar-refractivity contribution in [2.24, 2.45) is 5.92 Å². The highest BCUT2D eigenvalue weighted by atomic mass is 19.1. The van der Waals surface area contributed by atoms with Gasteiger partial charge in [0.1, 0.15) is 5.82 Å². The summed E-state index contributed by atoms with van der Waals surface area (Å²) in [6.45, 7) is 2.91. The molecule has 2 unspecified atom stereocenters. The van der Waals surface area contributed by atoms with Gasteiger partial charge in [-0.1, -0.05) is 42.5 Å². The van der Waals surface area contributed by atoms with Gasteiger partial charge < -0.3 is 5.32 Å². The van der Waals surface area contributed by atoms with Crippen LogP contribution in [0.15, 0.2) is 54.6 Å². The maximum atomic E-state index is 13.1. The Bertz CT molecular complexity index is 667. The largest absolute Gasteiger partial charge is 0.315 e. The Kier molecular flexibility index (Phi) is 4.35. The van der Waals surface area contributed by atoms with E-state index in [1.54, 1.807) is 0 Å². The molecular weight excluding hydrogens is 301 g/mol. The molecule has 2 aromatic rings. The van der Waals surface area contributed by atoms with Crippen LogP contribution in [0, 0.1) is 11.7 Å². The SMILES string of the molecule is Fc1ccc(C2NNCC2CNCC2(c3ccccc3)CC2)cc1. The molecule has 1 saturated heterocycles. The van der Waals surface area contributed by atoms with Crippen LogP contribution in [-0.4, -0.2) is 19.6 Å². The molecule has 3 N–H and O–H groups in total. The van der Waals surface area contributed by atoms with Crippen molar-refractivity contribution in [3.05, 3.63) is 71.5 Å². The van der Waals surface area contributed by atoms with Gasteiger partial charge in [0.25, 0.3) is 0 Å². The molecule has 3 nitrogen and oxygen atoms in total. The predicted octanol–water partition coefficient (Wildman–Crippen LogP) is 2.91. The molecule has 0 bridgehead atoms. The van der Waals surface area contributed by atoms with Gasteiger partial charge in [-0.15, -0.1) is 0 Å². The Morgan fingerprint density at radius 1 is 1.04 bits per heavy atom. The van der Waals surface area contributed by atoms with Crippen molar-refractivity contribution < 1.29 is 4.39 Å². The molecule has 0 aromatic heterocycles. The molecule has 0 radical (unpaired) electrons. The van der Waals surface area contributed by atoms with Gasteiger partial charge in [0.2, 0.25) is 0 Å². The number of halogens is 1. The molecule has 1 aliphatic heterocycles. The van der Waals surface area contributed by atoms with E-state index in [1.807, 2.05) is 12.1 Å². The van der Waals surface area contributed by atoms with Gasteiger partial charge >= 0.3 is 0 Å². The molecule has 1 aliphatic carbocycles. The number of hydrazine groups is 1. The standard InChI is InChI=1S/C20H24FN3/c21-18-8-6-15(7-9-18)19-16(13-23-24-19)12-22-14-20(10-11-20)17-4-2-1-3-5-17/h1-9,16,19,22-24H,10-14H2. The molecule has 126 valence electrons. The average molecular weight is 325 g/mol. The Morgan fingerprint density at radius 2 is 1.79 bits per heavy atom. The van der Waals surface area contributed by atoms with E-state index in [0.717, 1.165) is 25.2 Å². The van der Waals surface area contributed by atoms with Crippen molar-refractivity contribution in [2.75, 3.05) is 19.6 Å². The van der Waals surface area contributed by atoms with Crippen LogP contribution in [0.3, 0.4) is 0 Å². The molecule has 4 rings (SSSR count). The maximum Gasteiger partial charge on any atom is 0.123 e. The van der Waals surface area contributed by atoms with Crippen LogP contribution in [0.25, 0.3) is 0 Å². The number of benzene rings is 2. The summed E-state index contributed by atoms with van der Waals surface area (Å²) in [4.78, 5) is 0. The highest BCUT2D eigenvalue weighted by molar-refractivity contribution is 5.31. The minimum Gasteiger partial charge on any atom is -0.315 e. The van der Waals surface area contributed by atoms with E-state index < -0.39 is 0 Å². The molecule has 0 spiro atoms. The third-order valence-electron chi connectivity index (χ3n) is 5.43. The molecule has 2 aliphatic rings. The first-order chi connectivity index (χ1) is 11.8. The fraction of sp³-hybridized carbons (Fsp3) is 0.400. The first kappa shape index (κ1) is 15.8. The van der Waals surface area contributed by atoms with Crippen LogP contribution in [0.4, 0.5) is 4.39 Å². The molecule has 4 heteroatoms. The van der Waals surface area contributed by atoms with Crippen LogP contribution in [0.5, 0.6) is 0 Å². The third kappa shape index (κ3) is 3.22. The second-order valence-corrected chi connectivity index (χ2v) is 7.09. The Hall–Kier alpha value is -1.75. The number of rotatable bonds is 6. The second-order valence-electron chi connectivity index (χ2n) is 7.09. The van der Waals surface area contributed by atoms with E-state index in [-0.39, 0.29) is 11.9 Å². The normalized spacial score (nSPS) is 24.9. The Balaban J connectivity index is 1.35. The third-order valence-corrected chi connectivity index (χ3v) is 5.43. The lowest BCUT2D eigenvalue weighted by Gasteiger charge is -2.22. The van der Waals surface area contributed by atoms with E-state index in [9.17, 15) is 4.39 Å². The first-order valence-electron chi connectivity index (χ1n) is 8.77. The Labute approximate surface area is 142 Å². The van der Waals surface area contributed by atoms with Crippen LogP contribution in [-0.2, 0) is 5.41 Å². The molecule has 1 saturated carbocycles. The smallest absolute Gasteiger partial charge is 0.123 e. The van der Waals surface area contributed by atoms with Gasteiger partial charge in [0.15, 0.2) is 0 Å². The highest BCUT2D eigenvalue weighted by Gasteiger charge is 2.43. The fourth-order valence-electron chi connectivity index (χ4n) is 3.76. The molecule has 0 amide bonds. The zero-order chi connectivity index (χ0) is 16.4. The van der Waals surface area contributed by atoms with E-state index in [1.165, 1.54) is 30.5 Å². The quantitative estimate of drug-likeness (QED) is 0.764. The van der Waals surface area contributed by atoms with Crippen molar-refractivity contribution in [2.45, 2.75) is 24.3 Å². The van der Waals surface area contributed by atoms with Gasteiger partial charge in [-0.25, -0.2) is 9.82 Å². The Morgan fingerprint density at radius 3 is 2.50 bits per heavy atom. The van der Waals surface area contributed by atoms with E-state index in [2.05, 4.69) is 46.5 Å². The van der Waals surface area contributed by atoms with E-state index in [0.29, 0.717) is 11.3 Å². The molecule has 2 atom stereocenters. The van der Waals surface area contributed by atoms with Crippen LogP contribution >= 0.6 is 0 Å². The molecule has 1 heterocycles. The lowest BCUT2D eigenvalue weighted by Crippen LogP contribution is -2.33. The lowest BCUT2D eigenvalue weighted by molar-refractivity contribution is 0.428. The van der Waals surface area contributed by atoms with Crippen LogP contribution < -0.4 is 16.2 Å². The van der Waals surface area contributed by atoms with Gasteiger partial charge in [0, 0.05) is 31.0 Å². The van der Waals surface area contributed by atoms with E-state index in [4.69, 9.17) is 0 Å². The van der Waals surface area contributed by atoms with Gasteiger partial charge in [-0.3, -0.25) is 5.43 Å². The summed E-state index contributed by atoms with van der Waals surface area (Å²) in [6.07, 6.45) is 2.54. The number of hydrogen-bond acceptors (Lipinski definition) is 3. The predicted molar refractivity (Wildman–Crippen MR) is 94.0 cm³/mol. The minimum atomic E-state index is -0.182. The lowest BCUT2D eigenvalue weighted by atomic mass is 9.93. The van der Waals surface area contributed by atoms with Crippen molar-refractivity contribution in [1.82, 2.24) is 16.2 Å². The van der Waals surface area contributed by atoms with Gasteiger partial charge in [0.05, 0.1) is 6.04 Å². The summed E-state index contributed by atoms with van der Waals surface area (Å²) < 4.78 is 13.1. The average Bonchev–Trinajstić information content (AvgIpc) is 3.27. The monoisotopic (exact) mass is 325 g/mol. The fourth-order valence-corrected chi connectivity index (χ4v) is 3.76. The maximum absolute atomic E-state index is 13.1. The summed E-state index contributed by atoms with van der Waals surface area (Å²) in [5, 5.41) is 3.69. The summed E-state index contributed by atoms with van der Waals surface area (Å²) in [7, 11) is 0. The molecular formula is C20H24FN3.